The summed E-state index contributed by atoms with van der Waals surface area (Å²) in [6.45, 7) is 4.06. The number of methoxy groups -OCH3 is 1. The van der Waals surface area contributed by atoms with E-state index in [1.807, 2.05) is 0 Å². The zero-order chi connectivity index (χ0) is 13.0. The Morgan fingerprint density at radius 2 is 1.75 bits per heavy atom. The number of hydrogen-bond donors (Lipinski definition) is 0. The summed E-state index contributed by atoms with van der Waals surface area (Å²) in [6.07, 6.45) is 0. The van der Waals surface area contributed by atoms with Crippen LogP contribution in [0.25, 0.3) is 0 Å². The van der Waals surface area contributed by atoms with Crippen molar-refractivity contribution in [1.82, 2.24) is 4.90 Å². The monoisotopic (exact) mass is 261 g/mol. The molecular formula is C8H14F3NO3S. The zero-order valence-electron chi connectivity index (χ0n) is 9.21. The van der Waals surface area contributed by atoms with Crippen molar-refractivity contribution >= 4 is 9.84 Å². The minimum Gasteiger partial charge on any atom is -0.482 e. The quantitative estimate of drug-likeness (QED) is 0.707. The van der Waals surface area contributed by atoms with Gasteiger partial charge in [-0.1, -0.05) is 0 Å². The highest BCUT2D eigenvalue weighted by atomic mass is 32.2. The van der Waals surface area contributed by atoms with Crippen LogP contribution < -0.4 is 0 Å². The van der Waals surface area contributed by atoms with Crippen molar-refractivity contribution < 1.29 is 26.3 Å². The van der Waals surface area contributed by atoms with E-state index in [9.17, 15) is 21.6 Å². The van der Waals surface area contributed by atoms with Crippen molar-refractivity contribution in [2.24, 2.45) is 0 Å². The van der Waals surface area contributed by atoms with Gasteiger partial charge in [-0.05, 0) is 13.8 Å². The molecule has 0 aliphatic carbocycles. The molecule has 0 aromatic heterocycles. The van der Waals surface area contributed by atoms with E-state index in [1.165, 1.54) is 4.90 Å². The zero-order valence-corrected chi connectivity index (χ0v) is 10.0. The standard InChI is InChI=1S/C8H14F3NO3S/c1-4-12(5-2)7(15-3)6-16(13,14)8(9,10)11/h6H,4-5H2,1-3H3/b7-6-. The van der Waals surface area contributed by atoms with Crippen LogP contribution in [-0.4, -0.2) is 39.0 Å². The van der Waals surface area contributed by atoms with E-state index >= 15 is 0 Å². The van der Waals surface area contributed by atoms with E-state index < -0.39 is 15.3 Å². The molecule has 96 valence electrons. The first-order valence-electron chi connectivity index (χ1n) is 4.51. The van der Waals surface area contributed by atoms with Crippen molar-refractivity contribution in [2.45, 2.75) is 19.4 Å². The average Bonchev–Trinajstić information content (AvgIpc) is 2.16. The van der Waals surface area contributed by atoms with Crippen LogP contribution in [0.1, 0.15) is 13.8 Å². The molecule has 0 bridgehead atoms. The summed E-state index contributed by atoms with van der Waals surface area (Å²) in [5.41, 5.74) is -5.30. The SMILES string of the molecule is CCN(CC)/C(=C/S(=O)(=O)C(F)(F)F)OC. The number of halogens is 3. The predicted molar refractivity (Wildman–Crippen MR) is 53.0 cm³/mol. The predicted octanol–water partition coefficient (Wildman–Crippen LogP) is 1.71. The van der Waals surface area contributed by atoms with Gasteiger partial charge >= 0.3 is 5.51 Å². The molecule has 0 radical (unpaired) electrons. The summed E-state index contributed by atoms with van der Waals surface area (Å²) in [4.78, 5) is 1.36. The summed E-state index contributed by atoms with van der Waals surface area (Å²) >= 11 is 0. The molecule has 0 rings (SSSR count). The van der Waals surface area contributed by atoms with E-state index in [4.69, 9.17) is 0 Å². The lowest BCUT2D eigenvalue weighted by Gasteiger charge is -2.22. The van der Waals surface area contributed by atoms with E-state index in [2.05, 4.69) is 4.74 Å². The normalized spacial score (nSPS) is 13.8. The molecule has 0 heterocycles. The third-order valence-corrected chi connectivity index (χ3v) is 3.02. The second-order valence-electron chi connectivity index (χ2n) is 2.82. The lowest BCUT2D eigenvalue weighted by molar-refractivity contribution is -0.0425. The van der Waals surface area contributed by atoms with Gasteiger partial charge in [0.2, 0.25) is 5.88 Å². The fourth-order valence-corrected chi connectivity index (χ4v) is 1.63. The Bertz CT molecular complexity index is 344. The fourth-order valence-electron chi connectivity index (χ4n) is 0.987. The number of alkyl halides is 3. The molecule has 0 aromatic rings. The van der Waals surface area contributed by atoms with Crippen LogP contribution in [0.4, 0.5) is 13.2 Å². The third-order valence-electron chi connectivity index (χ3n) is 1.86. The van der Waals surface area contributed by atoms with Gasteiger partial charge in [-0.15, -0.1) is 0 Å². The topological polar surface area (TPSA) is 46.6 Å². The summed E-state index contributed by atoms with van der Waals surface area (Å²) in [6, 6.07) is 0. The van der Waals surface area contributed by atoms with Gasteiger partial charge in [-0.3, -0.25) is 0 Å². The maximum atomic E-state index is 12.1. The van der Waals surface area contributed by atoms with Crippen LogP contribution in [0.2, 0.25) is 0 Å². The molecule has 8 heteroatoms. The van der Waals surface area contributed by atoms with Gasteiger partial charge in [0.05, 0.1) is 12.5 Å². The van der Waals surface area contributed by atoms with Crippen molar-refractivity contribution in [1.29, 1.82) is 0 Å². The van der Waals surface area contributed by atoms with Gasteiger partial charge in [0.25, 0.3) is 9.84 Å². The number of ether oxygens (including phenoxy) is 1. The first-order valence-corrected chi connectivity index (χ1v) is 6.06. The second kappa shape index (κ2) is 5.42. The van der Waals surface area contributed by atoms with Gasteiger partial charge in [0.1, 0.15) is 0 Å². The van der Waals surface area contributed by atoms with Crippen molar-refractivity contribution in [3.05, 3.63) is 11.3 Å². The molecule has 0 spiro atoms. The molecule has 0 atom stereocenters. The summed E-state index contributed by atoms with van der Waals surface area (Å²) < 4.78 is 62.6. The molecule has 4 nitrogen and oxygen atoms in total. The lowest BCUT2D eigenvalue weighted by atomic mass is 10.5. The van der Waals surface area contributed by atoms with Gasteiger partial charge in [-0.25, -0.2) is 8.42 Å². The highest BCUT2D eigenvalue weighted by molar-refractivity contribution is 7.95. The molecule has 16 heavy (non-hydrogen) atoms. The number of hydrogen-bond acceptors (Lipinski definition) is 4. The molecule has 0 aromatic carbocycles. The number of nitrogens with zero attached hydrogens (tertiary/aromatic N) is 1. The van der Waals surface area contributed by atoms with Gasteiger partial charge in [0, 0.05) is 13.1 Å². The molecule has 0 saturated carbocycles. The lowest BCUT2D eigenvalue weighted by Crippen LogP contribution is -2.27. The minimum absolute atomic E-state index is 0.0972. The molecule has 0 N–H and O–H groups in total. The molecule has 0 fully saturated rings. The first-order chi connectivity index (χ1) is 7.19. The van der Waals surface area contributed by atoms with Crippen molar-refractivity contribution in [3.63, 3.8) is 0 Å². The largest absolute Gasteiger partial charge is 0.501 e. The highest BCUT2D eigenvalue weighted by Crippen LogP contribution is 2.26. The van der Waals surface area contributed by atoms with Crippen LogP contribution in [0.5, 0.6) is 0 Å². The van der Waals surface area contributed by atoms with Crippen molar-refractivity contribution in [2.75, 3.05) is 20.2 Å². The van der Waals surface area contributed by atoms with Crippen LogP contribution in [-0.2, 0) is 14.6 Å². The Kier molecular flexibility index (Phi) is 5.11. The Morgan fingerprint density at radius 1 is 1.31 bits per heavy atom. The summed E-state index contributed by atoms with van der Waals surface area (Å²) in [5.74, 6) is -0.317. The summed E-state index contributed by atoms with van der Waals surface area (Å²) in [7, 11) is -4.18. The van der Waals surface area contributed by atoms with E-state index in [1.54, 1.807) is 13.8 Å². The number of sulfone groups is 1. The van der Waals surface area contributed by atoms with E-state index in [-0.39, 0.29) is 11.3 Å². The first kappa shape index (κ1) is 15.1. The van der Waals surface area contributed by atoms with Gasteiger partial charge in [0.15, 0.2) is 0 Å². The summed E-state index contributed by atoms with van der Waals surface area (Å²) in [5, 5.41) is 0.0972. The molecule has 0 amide bonds. The van der Waals surface area contributed by atoms with E-state index in [0.29, 0.717) is 13.1 Å². The number of rotatable bonds is 5. The maximum absolute atomic E-state index is 12.1. The Hall–Kier alpha value is -0.920. The van der Waals surface area contributed by atoms with Crippen LogP contribution in [0, 0.1) is 0 Å². The maximum Gasteiger partial charge on any atom is 0.501 e. The van der Waals surface area contributed by atoms with Gasteiger partial charge < -0.3 is 9.64 Å². The fraction of sp³-hybridized carbons (Fsp3) is 0.750. The minimum atomic E-state index is -5.30. The second-order valence-corrected chi connectivity index (χ2v) is 4.61. The van der Waals surface area contributed by atoms with Crippen molar-refractivity contribution in [3.8, 4) is 0 Å². The molecule has 0 aliphatic heterocycles. The van der Waals surface area contributed by atoms with Crippen LogP contribution in [0.3, 0.4) is 0 Å². The molecule has 0 aliphatic rings. The highest BCUT2D eigenvalue weighted by Gasteiger charge is 2.44. The van der Waals surface area contributed by atoms with Gasteiger partial charge in [-0.2, -0.15) is 13.2 Å². The Morgan fingerprint density at radius 3 is 2.00 bits per heavy atom. The van der Waals surface area contributed by atoms with E-state index in [0.717, 1.165) is 7.11 Å². The van der Waals surface area contributed by atoms with Crippen LogP contribution >= 0.6 is 0 Å². The Balaban J connectivity index is 5.27. The molecule has 0 saturated heterocycles. The third kappa shape index (κ3) is 3.58. The van der Waals surface area contributed by atoms with Crippen LogP contribution in [0.15, 0.2) is 11.3 Å². The molecular weight excluding hydrogens is 247 g/mol. The molecule has 0 unspecified atom stereocenters. The smallest absolute Gasteiger partial charge is 0.482 e. The average molecular weight is 261 g/mol. The Labute approximate surface area is 92.6 Å².